The number of rotatable bonds is 6. The summed E-state index contributed by atoms with van der Waals surface area (Å²) in [6, 6.07) is 3.65. The summed E-state index contributed by atoms with van der Waals surface area (Å²) in [6.45, 7) is 3.31. The number of piperidine rings is 1. The number of likely N-dealkylation sites (N-methyl/N-ethyl adjacent to an activating group) is 1. The maximum absolute atomic E-state index is 12.7. The van der Waals surface area contributed by atoms with Gasteiger partial charge >= 0.3 is 5.97 Å². The number of fused-ring (bicyclic) bond motifs is 1. The number of carbonyl (C=O) groups is 5. The van der Waals surface area contributed by atoms with E-state index in [4.69, 9.17) is 10.2 Å². The van der Waals surface area contributed by atoms with Crippen molar-refractivity contribution in [3.05, 3.63) is 29.3 Å². The van der Waals surface area contributed by atoms with Crippen LogP contribution in [0.2, 0.25) is 0 Å². The molecule has 4 amide bonds. The zero-order chi connectivity index (χ0) is 25.0. The molecule has 3 aliphatic heterocycles. The fraction of sp³-hybridized carbons (Fsp3) is 0.522. The Morgan fingerprint density at radius 2 is 1.88 bits per heavy atom. The number of likely N-dealkylation sites (tertiary alicyclic amines) is 2. The number of aliphatic carboxylic acids is 1. The maximum Gasteiger partial charge on any atom is 0.320 e. The summed E-state index contributed by atoms with van der Waals surface area (Å²) in [6.07, 6.45) is 2.00. The highest BCUT2D eigenvalue weighted by Gasteiger charge is 2.47. The molecule has 11 heteroatoms. The zero-order valence-electron chi connectivity index (χ0n) is 19.3. The molecule has 184 valence electrons. The number of anilines is 1. The second-order valence-electron chi connectivity index (χ2n) is 8.24. The lowest BCUT2D eigenvalue weighted by molar-refractivity contribution is -0.152. The number of hydrogen-bond donors (Lipinski definition) is 3. The Balaban J connectivity index is 0.000000271. The van der Waals surface area contributed by atoms with E-state index < -0.39 is 35.6 Å². The van der Waals surface area contributed by atoms with Gasteiger partial charge in [-0.1, -0.05) is 13.0 Å². The lowest BCUT2D eigenvalue weighted by atomic mass is 10.0. The lowest BCUT2D eigenvalue weighted by Crippen LogP contribution is -2.56. The molecule has 3 heterocycles. The van der Waals surface area contributed by atoms with E-state index >= 15 is 0 Å². The number of aliphatic hydroxyl groups is 1. The Kier molecular flexibility index (Phi) is 8.00. The van der Waals surface area contributed by atoms with Gasteiger partial charge in [0.1, 0.15) is 12.1 Å². The molecular formula is C23H30N4O7. The third-order valence-corrected chi connectivity index (χ3v) is 6.39. The minimum absolute atomic E-state index is 0.0443. The summed E-state index contributed by atoms with van der Waals surface area (Å²) in [5.74, 6) is -2.78. The molecular weight excluding hydrogens is 444 g/mol. The van der Waals surface area contributed by atoms with Crippen molar-refractivity contribution in [2.45, 2.75) is 44.7 Å². The topological polar surface area (TPSA) is 148 Å². The molecule has 1 aromatic rings. The van der Waals surface area contributed by atoms with Crippen molar-refractivity contribution in [1.29, 1.82) is 0 Å². The average molecular weight is 475 g/mol. The van der Waals surface area contributed by atoms with Crippen LogP contribution in [0.3, 0.4) is 0 Å². The van der Waals surface area contributed by atoms with Crippen LogP contribution in [0.15, 0.2) is 18.2 Å². The van der Waals surface area contributed by atoms with Crippen LogP contribution in [0.5, 0.6) is 0 Å². The molecule has 4 rings (SSSR count). The van der Waals surface area contributed by atoms with Gasteiger partial charge in [-0.05, 0) is 44.5 Å². The minimum atomic E-state index is -1.02. The number of amides is 4. The molecule has 0 aliphatic carbocycles. The van der Waals surface area contributed by atoms with Crippen LogP contribution in [-0.2, 0) is 14.4 Å². The number of carboxylic acid groups (broad SMARTS) is 1. The van der Waals surface area contributed by atoms with Crippen LogP contribution in [-0.4, -0.2) is 99.9 Å². The number of β-amino-alcohol motifs (C(OH)–C–C–N with tert-alkyl or cyclic N) is 1. The van der Waals surface area contributed by atoms with Crippen LogP contribution in [0.1, 0.15) is 53.3 Å². The van der Waals surface area contributed by atoms with Gasteiger partial charge in [0.15, 0.2) is 0 Å². The third-order valence-electron chi connectivity index (χ3n) is 6.39. The highest BCUT2D eigenvalue weighted by atomic mass is 16.4. The van der Waals surface area contributed by atoms with Crippen LogP contribution < -0.4 is 5.32 Å². The van der Waals surface area contributed by atoms with Gasteiger partial charge in [0, 0.05) is 19.2 Å². The summed E-state index contributed by atoms with van der Waals surface area (Å²) < 4.78 is 0. The quantitative estimate of drug-likeness (QED) is 0.498. The first-order valence-corrected chi connectivity index (χ1v) is 11.4. The van der Waals surface area contributed by atoms with Crippen LogP contribution in [0.4, 0.5) is 5.69 Å². The number of carboxylic acids is 1. The molecule has 1 aromatic carbocycles. The SMILES string of the molecule is CCN1CCC[C@H]1C(=O)O.CNc1cccc2c1C(=O)N(C1CCC(=O)N(CCO)C1=O)C2=O. The fourth-order valence-electron chi connectivity index (χ4n) is 4.67. The van der Waals surface area contributed by atoms with Gasteiger partial charge in [0.25, 0.3) is 17.7 Å². The first kappa shape index (κ1) is 25.3. The van der Waals surface area contributed by atoms with Gasteiger partial charge in [-0.25, -0.2) is 0 Å². The maximum atomic E-state index is 12.7. The molecule has 0 spiro atoms. The minimum Gasteiger partial charge on any atom is -0.480 e. The molecule has 3 N–H and O–H groups in total. The molecule has 1 unspecified atom stereocenters. The van der Waals surface area contributed by atoms with Crippen molar-refractivity contribution < 1.29 is 34.2 Å². The van der Waals surface area contributed by atoms with E-state index in [1.807, 2.05) is 11.8 Å². The second kappa shape index (κ2) is 10.7. The molecule has 2 fully saturated rings. The summed E-state index contributed by atoms with van der Waals surface area (Å²) >= 11 is 0. The predicted molar refractivity (Wildman–Crippen MR) is 121 cm³/mol. The summed E-state index contributed by atoms with van der Waals surface area (Å²) in [7, 11) is 1.64. The number of imide groups is 2. The molecule has 2 atom stereocenters. The summed E-state index contributed by atoms with van der Waals surface area (Å²) in [5.41, 5.74) is 0.994. The molecule has 0 radical (unpaired) electrons. The van der Waals surface area contributed by atoms with Gasteiger partial charge in [0.05, 0.1) is 24.3 Å². The molecule has 2 saturated heterocycles. The van der Waals surface area contributed by atoms with Gasteiger partial charge in [-0.3, -0.25) is 38.7 Å². The number of benzene rings is 1. The molecule has 34 heavy (non-hydrogen) atoms. The standard InChI is InChI=1S/C16H17N3O5.C7H13NO2/c1-17-10-4-2-3-9-13(10)16(24)19(14(9)22)11-5-6-12(21)18(7-8-20)15(11)23;1-2-8-5-3-4-6(8)7(9)10/h2-4,11,17,20H,5-8H2,1H3;6H,2-5H2,1H3,(H,9,10)/t;6-/m.0/s1. The van der Waals surface area contributed by atoms with E-state index in [0.717, 1.165) is 35.7 Å². The highest BCUT2D eigenvalue weighted by molar-refractivity contribution is 6.25. The van der Waals surface area contributed by atoms with E-state index in [-0.39, 0.29) is 43.2 Å². The zero-order valence-corrected chi connectivity index (χ0v) is 19.3. The summed E-state index contributed by atoms with van der Waals surface area (Å²) in [5, 5.41) is 20.6. The van der Waals surface area contributed by atoms with Crippen molar-refractivity contribution >= 4 is 35.3 Å². The Morgan fingerprint density at radius 1 is 1.15 bits per heavy atom. The number of nitrogens with zero attached hydrogens (tertiary/aromatic N) is 3. The summed E-state index contributed by atoms with van der Waals surface area (Å²) in [4.78, 5) is 64.1. The Bertz CT molecular complexity index is 996. The number of carbonyl (C=O) groups excluding carboxylic acids is 4. The first-order valence-electron chi connectivity index (χ1n) is 11.4. The van der Waals surface area contributed by atoms with Crippen molar-refractivity contribution in [1.82, 2.24) is 14.7 Å². The average Bonchev–Trinajstić information content (AvgIpc) is 3.41. The molecule has 3 aliphatic rings. The van der Waals surface area contributed by atoms with Crippen LogP contribution >= 0.6 is 0 Å². The normalized spacial score (nSPS) is 22.6. The van der Waals surface area contributed by atoms with Crippen molar-refractivity contribution in [2.75, 3.05) is 38.6 Å². The largest absolute Gasteiger partial charge is 0.480 e. The smallest absolute Gasteiger partial charge is 0.320 e. The number of aliphatic hydroxyl groups excluding tert-OH is 1. The van der Waals surface area contributed by atoms with E-state index in [1.54, 1.807) is 25.2 Å². The van der Waals surface area contributed by atoms with Crippen molar-refractivity contribution in [3.8, 4) is 0 Å². The molecule has 0 saturated carbocycles. The van der Waals surface area contributed by atoms with E-state index in [0.29, 0.717) is 5.69 Å². The van der Waals surface area contributed by atoms with Gasteiger partial charge in [-0.15, -0.1) is 0 Å². The number of nitrogens with one attached hydrogen (secondary N) is 1. The second-order valence-corrected chi connectivity index (χ2v) is 8.24. The van der Waals surface area contributed by atoms with E-state index in [9.17, 15) is 24.0 Å². The predicted octanol–water partition coefficient (Wildman–Crippen LogP) is 0.390. The first-order chi connectivity index (χ1) is 16.3. The Morgan fingerprint density at radius 3 is 2.47 bits per heavy atom. The van der Waals surface area contributed by atoms with Gasteiger partial charge < -0.3 is 15.5 Å². The van der Waals surface area contributed by atoms with E-state index in [1.165, 1.54) is 0 Å². The van der Waals surface area contributed by atoms with Gasteiger partial charge in [-0.2, -0.15) is 0 Å². The third kappa shape index (κ3) is 4.66. The van der Waals surface area contributed by atoms with Crippen LogP contribution in [0, 0.1) is 0 Å². The fourth-order valence-corrected chi connectivity index (χ4v) is 4.67. The Labute approximate surface area is 197 Å². The molecule has 0 bridgehead atoms. The number of hydrogen-bond acceptors (Lipinski definition) is 8. The lowest BCUT2D eigenvalue weighted by Gasteiger charge is -2.34. The molecule has 11 nitrogen and oxygen atoms in total. The van der Waals surface area contributed by atoms with Crippen molar-refractivity contribution in [2.24, 2.45) is 0 Å². The van der Waals surface area contributed by atoms with Crippen molar-refractivity contribution in [3.63, 3.8) is 0 Å². The highest BCUT2D eigenvalue weighted by Crippen LogP contribution is 2.33. The molecule has 0 aromatic heterocycles. The Hall–Kier alpha value is -3.31. The van der Waals surface area contributed by atoms with E-state index in [2.05, 4.69) is 5.32 Å². The van der Waals surface area contributed by atoms with Crippen LogP contribution in [0.25, 0.3) is 0 Å². The monoisotopic (exact) mass is 474 g/mol. The van der Waals surface area contributed by atoms with Gasteiger partial charge in [0.2, 0.25) is 5.91 Å².